The molecule has 9 heavy (non-hydrogen) atoms. The molecular weight excluding hydrogens is 140 g/mol. The summed E-state index contributed by atoms with van der Waals surface area (Å²) in [5.74, 6) is 0.450. The molecule has 1 aliphatic rings. The summed E-state index contributed by atoms with van der Waals surface area (Å²) in [6.07, 6.45) is 3.08. The standard InChI is InChI=1S/C5H6ClN2O/c6-1-3-8-4-2-7-5(8)9/h2,4H,1,3H2/q+1. The van der Waals surface area contributed by atoms with Crippen molar-refractivity contribution in [3.05, 3.63) is 0 Å². The fourth-order valence-electron chi connectivity index (χ4n) is 0.577. The number of halogens is 1. The lowest BCUT2D eigenvalue weighted by molar-refractivity contribution is -0.411. The van der Waals surface area contributed by atoms with Crippen molar-refractivity contribution in [2.24, 2.45) is 4.99 Å². The van der Waals surface area contributed by atoms with Gasteiger partial charge < -0.3 is 0 Å². The minimum absolute atomic E-state index is 0.226. The zero-order chi connectivity index (χ0) is 6.69. The third kappa shape index (κ3) is 1.36. The van der Waals surface area contributed by atoms with E-state index in [-0.39, 0.29) is 6.03 Å². The highest BCUT2D eigenvalue weighted by atomic mass is 35.5. The minimum atomic E-state index is -0.226. The molecule has 0 aliphatic carbocycles. The van der Waals surface area contributed by atoms with Gasteiger partial charge in [-0.15, -0.1) is 11.6 Å². The predicted molar refractivity (Wildman–Crippen MR) is 35.8 cm³/mol. The summed E-state index contributed by atoms with van der Waals surface area (Å²) in [6.45, 7) is 0.542. The van der Waals surface area contributed by atoms with Crippen molar-refractivity contribution < 1.29 is 9.37 Å². The highest BCUT2D eigenvalue weighted by Gasteiger charge is 2.18. The largest absolute Gasteiger partial charge is 0.539 e. The summed E-state index contributed by atoms with van der Waals surface area (Å²) in [6, 6.07) is -0.226. The van der Waals surface area contributed by atoms with E-state index in [9.17, 15) is 4.79 Å². The second-order valence-electron chi connectivity index (χ2n) is 1.59. The van der Waals surface area contributed by atoms with Crippen LogP contribution in [0.15, 0.2) is 4.99 Å². The number of rotatable bonds is 2. The molecule has 0 atom stereocenters. The van der Waals surface area contributed by atoms with Crippen molar-refractivity contribution >= 4 is 30.1 Å². The normalized spacial score (nSPS) is 16.6. The molecule has 0 radical (unpaired) electrons. The monoisotopic (exact) mass is 145 g/mol. The maximum Gasteiger partial charge on any atom is 0.539 e. The minimum Gasteiger partial charge on any atom is -0.193 e. The highest BCUT2D eigenvalue weighted by molar-refractivity contribution is 6.20. The van der Waals surface area contributed by atoms with Gasteiger partial charge in [0.1, 0.15) is 12.8 Å². The first-order chi connectivity index (χ1) is 4.34. The maximum atomic E-state index is 10.6. The number of alkyl halides is 1. The molecule has 3 nitrogen and oxygen atoms in total. The molecule has 0 bridgehead atoms. The first kappa shape index (κ1) is 6.42. The Morgan fingerprint density at radius 2 is 2.56 bits per heavy atom. The zero-order valence-electron chi connectivity index (χ0n) is 4.75. The van der Waals surface area contributed by atoms with E-state index in [0.717, 1.165) is 0 Å². The second kappa shape index (κ2) is 2.73. The first-order valence-electron chi connectivity index (χ1n) is 2.58. The van der Waals surface area contributed by atoms with Crippen molar-refractivity contribution in [2.45, 2.75) is 0 Å². The summed E-state index contributed by atoms with van der Waals surface area (Å²) in [4.78, 5) is 14.1. The van der Waals surface area contributed by atoms with Crippen LogP contribution in [0.4, 0.5) is 4.79 Å². The molecule has 1 rings (SSSR count). The predicted octanol–water partition coefficient (Wildman–Crippen LogP) is 0.513. The van der Waals surface area contributed by atoms with Gasteiger partial charge in [0.05, 0.1) is 5.88 Å². The Bertz CT molecular complexity index is 185. The third-order valence-electron chi connectivity index (χ3n) is 1.00. The van der Waals surface area contributed by atoms with Crippen LogP contribution in [0, 0.1) is 0 Å². The van der Waals surface area contributed by atoms with Crippen molar-refractivity contribution in [1.82, 2.24) is 0 Å². The molecular formula is C5H6ClN2O+. The van der Waals surface area contributed by atoms with Crippen molar-refractivity contribution in [3.8, 4) is 0 Å². The van der Waals surface area contributed by atoms with E-state index in [1.54, 1.807) is 6.21 Å². The highest BCUT2D eigenvalue weighted by Crippen LogP contribution is 1.88. The van der Waals surface area contributed by atoms with Crippen LogP contribution >= 0.6 is 11.6 Å². The lowest BCUT2D eigenvalue weighted by Gasteiger charge is -1.88. The lowest BCUT2D eigenvalue weighted by Crippen LogP contribution is -2.16. The number of nitrogens with zero attached hydrogens (tertiary/aromatic N) is 2. The van der Waals surface area contributed by atoms with Gasteiger partial charge in [-0.05, 0) is 4.99 Å². The average Bonchev–Trinajstić information content (AvgIpc) is 2.18. The van der Waals surface area contributed by atoms with Gasteiger partial charge in [0, 0.05) is 0 Å². The van der Waals surface area contributed by atoms with Gasteiger partial charge >= 0.3 is 6.03 Å². The fourth-order valence-corrected chi connectivity index (χ4v) is 0.759. The van der Waals surface area contributed by atoms with Gasteiger partial charge in [-0.2, -0.15) is 9.37 Å². The fraction of sp³-hybridized carbons (Fsp3) is 0.400. The Hall–Kier alpha value is -0.700. The SMILES string of the molecule is O=C1N=CC=[N+]1CCCl. The maximum absolute atomic E-state index is 10.6. The molecule has 0 fully saturated rings. The Morgan fingerprint density at radius 1 is 1.78 bits per heavy atom. The molecule has 0 unspecified atom stereocenters. The van der Waals surface area contributed by atoms with Crippen molar-refractivity contribution in [2.75, 3.05) is 12.4 Å². The molecule has 0 aromatic heterocycles. The summed E-state index contributed by atoms with van der Waals surface area (Å²) < 4.78 is 1.47. The van der Waals surface area contributed by atoms with Crippen LogP contribution in [0.25, 0.3) is 0 Å². The Kier molecular flexibility index (Phi) is 1.95. The molecule has 48 valence electrons. The van der Waals surface area contributed by atoms with E-state index in [1.807, 2.05) is 0 Å². The molecule has 4 heteroatoms. The van der Waals surface area contributed by atoms with Crippen LogP contribution in [-0.4, -0.2) is 35.5 Å². The molecule has 1 heterocycles. The van der Waals surface area contributed by atoms with Gasteiger partial charge in [-0.25, -0.2) is 0 Å². The number of carbonyl (C=O) groups is 1. The summed E-state index contributed by atoms with van der Waals surface area (Å²) in [7, 11) is 0. The molecule has 0 N–H and O–H groups in total. The first-order valence-corrected chi connectivity index (χ1v) is 3.12. The second-order valence-corrected chi connectivity index (χ2v) is 1.97. The van der Waals surface area contributed by atoms with Crippen LogP contribution < -0.4 is 0 Å². The lowest BCUT2D eigenvalue weighted by atomic mass is 10.7. The average molecular weight is 146 g/mol. The topological polar surface area (TPSA) is 32.4 Å². The van der Waals surface area contributed by atoms with Crippen LogP contribution in [0.2, 0.25) is 0 Å². The van der Waals surface area contributed by atoms with Crippen LogP contribution in [0.1, 0.15) is 0 Å². The van der Waals surface area contributed by atoms with Gasteiger partial charge in [0.15, 0.2) is 6.21 Å². The number of aliphatic imine (C=N–C) groups is 1. The van der Waals surface area contributed by atoms with Crippen molar-refractivity contribution in [1.29, 1.82) is 0 Å². The van der Waals surface area contributed by atoms with Crippen molar-refractivity contribution in [3.63, 3.8) is 0 Å². The molecule has 0 saturated carbocycles. The zero-order valence-corrected chi connectivity index (χ0v) is 5.51. The number of urea groups is 1. The van der Waals surface area contributed by atoms with Crippen LogP contribution in [0.5, 0.6) is 0 Å². The smallest absolute Gasteiger partial charge is 0.193 e. The van der Waals surface area contributed by atoms with E-state index in [1.165, 1.54) is 10.8 Å². The molecule has 1 aliphatic heterocycles. The molecule has 2 amide bonds. The molecule has 0 aromatic carbocycles. The Labute approximate surface area is 57.7 Å². The molecule has 0 aromatic rings. The Balaban J connectivity index is 2.54. The van der Waals surface area contributed by atoms with E-state index >= 15 is 0 Å². The quantitative estimate of drug-likeness (QED) is 0.412. The number of hydrogen-bond acceptors (Lipinski definition) is 1. The van der Waals surface area contributed by atoms with E-state index < -0.39 is 0 Å². The van der Waals surface area contributed by atoms with Gasteiger partial charge in [0.2, 0.25) is 0 Å². The molecule has 0 spiro atoms. The summed E-state index contributed by atoms with van der Waals surface area (Å²) >= 11 is 5.38. The van der Waals surface area contributed by atoms with E-state index in [2.05, 4.69) is 4.99 Å². The van der Waals surface area contributed by atoms with Gasteiger partial charge in [0.25, 0.3) is 0 Å². The third-order valence-corrected chi connectivity index (χ3v) is 1.17. The van der Waals surface area contributed by atoms with Gasteiger partial charge in [-0.1, -0.05) is 0 Å². The number of carbonyl (C=O) groups excluding carboxylic acids is 1. The van der Waals surface area contributed by atoms with E-state index in [0.29, 0.717) is 12.4 Å². The summed E-state index contributed by atoms with van der Waals surface area (Å²) in [5, 5.41) is 0. The van der Waals surface area contributed by atoms with Crippen LogP contribution in [0.3, 0.4) is 0 Å². The van der Waals surface area contributed by atoms with Gasteiger partial charge in [-0.3, -0.25) is 0 Å². The number of amides is 2. The van der Waals surface area contributed by atoms with E-state index in [4.69, 9.17) is 11.6 Å². The Morgan fingerprint density at radius 3 is 3.00 bits per heavy atom. The van der Waals surface area contributed by atoms with Crippen LogP contribution in [-0.2, 0) is 0 Å². The summed E-state index contributed by atoms with van der Waals surface area (Å²) in [5.41, 5.74) is 0. The molecule has 0 saturated heterocycles. The number of hydrogen-bond donors (Lipinski definition) is 0.